The van der Waals surface area contributed by atoms with Gasteiger partial charge in [-0.25, -0.2) is 23.5 Å². The highest BCUT2D eigenvalue weighted by Crippen LogP contribution is 2.32. The number of ether oxygens (including phenoxy) is 1. The van der Waals surface area contributed by atoms with Gasteiger partial charge in [0, 0.05) is 23.9 Å². The molecular weight excluding hydrogens is 459 g/mol. The number of aryl methyl sites for hydroxylation is 1. The molecule has 0 fully saturated rings. The summed E-state index contributed by atoms with van der Waals surface area (Å²) in [6.07, 6.45) is 1.78. The predicted molar refractivity (Wildman–Crippen MR) is 127 cm³/mol. The number of carbonyl (C=O) groups excluding carboxylic acids is 1. The molecule has 1 aliphatic rings. The van der Waals surface area contributed by atoms with Gasteiger partial charge in [-0.05, 0) is 36.6 Å². The van der Waals surface area contributed by atoms with E-state index in [2.05, 4.69) is 20.3 Å². The van der Waals surface area contributed by atoms with Gasteiger partial charge in [-0.3, -0.25) is 10.2 Å². The Balaban J connectivity index is 1.55. The second kappa shape index (κ2) is 10.3. The van der Waals surface area contributed by atoms with Gasteiger partial charge in [0.1, 0.15) is 24.3 Å². The third-order valence-corrected chi connectivity index (χ3v) is 5.43. The van der Waals surface area contributed by atoms with Crippen molar-refractivity contribution in [3.8, 4) is 17.3 Å². The average molecular weight is 483 g/mol. The van der Waals surface area contributed by atoms with Crippen LogP contribution in [0.5, 0.6) is 6.01 Å². The van der Waals surface area contributed by atoms with Gasteiger partial charge in [-0.1, -0.05) is 24.3 Å². The number of nitrogens with zero attached hydrogens (tertiary/aromatic N) is 4. The van der Waals surface area contributed by atoms with Crippen molar-refractivity contribution in [1.29, 1.82) is 0 Å². The van der Waals surface area contributed by atoms with E-state index in [0.717, 1.165) is 26.3 Å². The van der Waals surface area contributed by atoms with Gasteiger partial charge in [-0.15, -0.1) is 0 Å². The highest BCUT2D eigenvalue weighted by Gasteiger charge is 2.27. The summed E-state index contributed by atoms with van der Waals surface area (Å²) < 4.78 is 32.8. The van der Waals surface area contributed by atoms with Crippen molar-refractivity contribution in [3.05, 3.63) is 59.8 Å². The van der Waals surface area contributed by atoms with Crippen LogP contribution in [0.3, 0.4) is 0 Å². The second-order valence-corrected chi connectivity index (χ2v) is 8.21. The molecule has 2 aromatic heterocycles. The topological polar surface area (TPSA) is 121 Å². The number of hydrogen-bond donors (Lipinski definition) is 3. The highest BCUT2D eigenvalue weighted by atomic mass is 19.3. The van der Waals surface area contributed by atoms with E-state index in [1.807, 2.05) is 6.07 Å². The molecule has 3 N–H and O–H groups in total. The summed E-state index contributed by atoms with van der Waals surface area (Å²) in [6.45, 7) is -0.254. The molecule has 1 aliphatic heterocycles. The van der Waals surface area contributed by atoms with E-state index in [1.54, 1.807) is 18.2 Å². The Kier molecular flexibility index (Phi) is 7.22. The number of halogens is 2. The van der Waals surface area contributed by atoms with Crippen LogP contribution in [0.2, 0.25) is 0 Å². The Morgan fingerprint density at radius 2 is 2.09 bits per heavy atom. The molecule has 0 aliphatic carbocycles. The van der Waals surface area contributed by atoms with Gasteiger partial charge >= 0.3 is 12.0 Å². The first kappa shape index (κ1) is 24.5. The van der Waals surface area contributed by atoms with Gasteiger partial charge in [0.2, 0.25) is 5.82 Å². The van der Waals surface area contributed by atoms with Crippen LogP contribution in [0, 0.1) is 0 Å². The van der Waals surface area contributed by atoms with E-state index >= 15 is 0 Å². The largest absolute Gasteiger partial charge is 0.461 e. The average Bonchev–Trinajstić information content (AvgIpc) is 2.86. The molecule has 1 atom stereocenters. The molecule has 182 valence electrons. The van der Waals surface area contributed by atoms with Crippen LogP contribution in [-0.2, 0) is 12.2 Å². The number of carbonyl (C=O) groups is 1. The first-order chi connectivity index (χ1) is 16.7. The molecule has 0 spiro atoms. The number of fused-ring (bicyclic) bond motifs is 1. The van der Waals surface area contributed by atoms with E-state index in [-0.39, 0.29) is 24.0 Å². The summed E-state index contributed by atoms with van der Waals surface area (Å²) in [4.78, 5) is 27.2. The third-order valence-electron chi connectivity index (χ3n) is 5.43. The number of rotatable bonds is 7. The summed E-state index contributed by atoms with van der Waals surface area (Å²) in [6, 6.07) is 10.6. The number of nitrogens with one attached hydrogen (secondary N) is 1. The fourth-order valence-electron chi connectivity index (χ4n) is 3.63. The zero-order valence-electron chi connectivity index (χ0n) is 19.0. The number of pyridine rings is 1. The maximum absolute atomic E-state index is 13.8. The number of hydrogen-bond acceptors (Lipinski definition) is 7. The Hall–Kier alpha value is -3.64. The molecule has 1 unspecified atom stereocenters. The summed E-state index contributed by atoms with van der Waals surface area (Å²) in [5, 5.41) is 21.0. The lowest BCUT2D eigenvalue weighted by atomic mass is 9.89. The standard InChI is InChI=1S/C23H24BF2N5O4/c24-23(25,26)16-5-1-3-15(11-16)18-7-6-14-4-2-10-31(20(14)28-18)22(34)30-19-8-9-27-21(29-19)35-13-17(33)12-32/h1,3,5-9,11,17,32-33H,2,4,10,12-13,24H2,(H,27,29,30,34). The molecule has 0 bridgehead atoms. The molecule has 9 nitrogen and oxygen atoms in total. The predicted octanol–water partition coefficient (Wildman–Crippen LogP) is 1.94. The third kappa shape index (κ3) is 5.90. The van der Waals surface area contributed by atoms with Crippen LogP contribution in [0.25, 0.3) is 11.3 Å². The SMILES string of the molecule is BC(F)(F)c1cccc(-c2ccc3c(n2)N(C(=O)Nc2ccnc(OCC(O)CO)n2)CCC3)c1. The molecule has 12 heteroatoms. The lowest BCUT2D eigenvalue weighted by Crippen LogP contribution is -2.39. The van der Waals surface area contributed by atoms with Crippen molar-refractivity contribution in [2.24, 2.45) is 0 Å². The fourth-order valence-corrected chi connectivity index (χ4v) is 3.63. The maximum atomic E-state index is 13.8. The van der Waals surface area contributed by atoms with Crippen LogP contribution in [0.1, 0.15) is 17.5 Å². The molecule has 0 saturated heterocycles. The number of aliphatic hydroxyl groups excluding tert-OH is 2. The zero-order valence-corrected chi connectivity index (χ0v) is 19.0. The second-order valence-electron chi connectivity index (χ2n) is 8.21. The molecule has 2 amide bonds. The first-order valence-electron chi connectivity index (χ1n) is 11.1. The molecule has 0 saturated carbocycles. The minimum Gasteiger partial charge on any atom is -0.461 e. The lowest BCUT2D eigenvalue weighted by Gasteiger charge is -2.28. The summed E-state index contributed by atoms with van der Waals surface area (Å²) >= 11 is 0. The number of amides is 2. The quantitative estimate of drug-likeness (QED) is 0.440. The molecule has 4 rings (SSSR count). The molecule has 0 radical (unpaired) electrons. The monoisotopic (exact) mass is 483 g/mol. The van der Waals surface area contributed by atoms with Gasteiger partial charge in [0.15, 0.2) is 7.85 Å². The van der Waals surface area contributed by atoms with E-state index in [1.165, 1.54) is 29.3 Å². The molecule has 35 heavy (non-hydrogen) atoms. The number of benzene rings is 1. The number of aromatic nitrogens is 3. The maximum Gasteiger partial charge on any atom is 0.328 e. The van der Waals surface area contributed by atoms with Crippen molar-refractivity contribution >= 4 is 25.5 Å². The Morgan fingerprint density at radius 1 is 1.26 bits per heavy atom. The van der Waals surface area contributed by atoms with Crippen LogP contribution in [0.4, 0.5) is 25.2 Å². The summed E-state index contributed by atoms with van der Waals surface area (Å²) in [5.74, 6) is -2.34. The molecule has 3 heterocycles. The van der Waals surface area contributed by atoms with Crippen LogP contribution in [-0.4, -0.2) is 64.9 Å². The van der Waals surface area contributed by atoms with Crippen molar-refractivity contribution in [2.75, 3.05) is 30.0 Å². The van der Waals surface area contributed by atoms with Gasteiger partial charge < -0.3 is 14.9 Å². The normalized spacial score (nSPS) is 14.2. The van der Waals surface area contributed by atoms with E-state index < -0.39 is 24.6 Å². The fraction of sp³-hybridized carbons (Fsp3) is 0.304. The number of aliphatic hydroxyl groups is 2. The van der Waals surface area contributed by atoms with E-state index in [0.29, 0.717) is 23.6 Å². The number of anilines is 2. The highest BCUT2D eigenvalue weighted by molar-refractivity contribution is 6.13. The van der Waals surface area contributed by atoms with Crippen molar-refractivity contribution in [2.45, 2.75) is 24.8 Å². The zero-order chi connectivity index (χ0) is 25.0. The molecular formula is C23H24BF2N5O4. The van der Waals surface area contributed by atoms with Crippen molar-refractivity contribution in [3.63, 3.8) is 0 Å². The number of urea groups is 1. The van der Waals surface area contributed by atoms with Crippen LogP contribution < -0.4 is 15.0 Å². The minimum absolute atomic E-state index is 0.0673. The van der Waals surface area contributed by atoms with Gasteiger partial charge in [0.25, 0.3) is 0 Å². The number of alkyl halides is 2. The molecule has 3 aromatic rings. The molecule has 1 aromatic carbocycles. The Labute approximate surface area is 201 Å². The van der Waals surface area contributed by atoms with E-state index in [9.17, 15) is 18.7 Å². The van der Waals surface area contributed by atoms with Crippen molar-refractivity contribution in [1.82, 2.24) is 15.0 Å². The Morgan fingerprint density at radius 3 is 2.86 bits per heavy atom. The lowest BCUT2D eigenvalue weighted by molar-refractivity contribution is 0.0505. The van der Waals surface area contributed by atoms with Gasteiger partial charge in [0.05, 0.1) is 12.3 Å². The summed E-state index contributed by atoms with van der Waals surface area (Å²) in [5.41, 5.74) is 1.77. The summed E-state index contributed by atoms with van der Waals surface area (Å²) in [7, 11) is 0.844. The first-order valence-corrected chi connectivity index (χ1v) is 11.1. The van der Waals surface area contributed by atoms with Crippen molar-refractivity contribution < 1.29 is 28.5 Å². The van der Waals surface area contributed by atoms with Crippen LogP contribution >= 0.6 is 0 Å². The Bertz CT molecular complexity index is 1210. The van der Waals surface area contributed by atoms with E-state index in [4.69, 9.17) is 9.84 Å². The smallest absolute Gasteiger partial charge is 0.328 e. The van der Waals surface area contributed by atoms with Crippen LogP contribution in [0.15, 0.2) is 48.7 Å². The minimum atomic E-state index is -2.98. The van der Waals surface area contributed by atoms with Gasteiger partial charge in [-0.2, -0.15) is 4.98 Å².